The zero-order valence-corrected chi connectivity index (χ0v) is 13.8. The first-order valence-corrected chi connectivity index (χ1v) is 7.51. The summed E-state index contributed by atoms with van der Waals surface area (Å²) in [5, 5.41) is 0.466. The number of methoxy groups -OCH3 is 2. The van der Waals surface area contributed by atoms with Crippen molar-refractivity contribution in [3.05, 3.63) is 64.9 Å². The predicted octanol–water partition coefficient (Wildman–Crippen LogP) is 3.83. The van der Waals surface area contributed by atoms with Gasteiger partial charge in [0.2, 0.25) is 0 Å². The van der Waals surface area contributed by atoms with Crippen molar-refractivity contribution in [3.8, 4) is 11.1 Å². The van der Waals surface area contributed by atoms with E-state index >= 15 is 0 Å². The van der Waals surface area contributed by atoms with E-state index in [-0.39, 0.29) is 0 Å². The first-order chi connectivity index (χ1) is 11.6. The monoisotopic (exact) mass is 343 g/mol. The first-order valence-electron chi connectivity index (χ1n) is 7.13. The van der Waals surface area contributed by atoms with Crippen molar-refractivity contribution in [3.63, 3.8) is 0 Å². The lowest BCUT2D eigenvalue weighted by atomic mass is 10.0. The van der Waals surface area contributed by atoms with Crippen molar-refractivity contribution in [2.45, 2.75) is 0 Å². The number of pyridine rings is 1. The Morgan fingerprint density at radius 1 is 1.00 bits per heavy atom. The first kappa shape index (κ1) is 16.1. The number of halogens is 1. The lowest BCUT2D eigenvalue weighted by Gasteiger charge is -2.05. The fourth-order valence-corrected chi connectivity index (χ4v) is 2.84. The molecule has 6 heteroatoms. The standard InChI is InChI=1S/C18H14ClNO4/c1-23-17(21)12-6-3-5-11(9-12)13-10-20-14(7-4-8-15(20)19)16(13)18(22)24-2/h3-10H,1-2H3. The van der Waals surface area contributed by atoms with Crippen molar-refractivity contribution in [1.82, 2.24) is 4.40 Å². The van der Waals surface area contributed by atoms with Gasteiger partial charge in [-0.25, -0.2) is 9.59 Å². The number of aromatic nitrogens is 1. The molecule has 0 fully saturated rings. The van der Waals surface area contributed by atoms with Crippen LogP contribution in [0.15, 0.2) is 48.7 Å². The second-order valence-electron chi connectivity index (χ2n) is 5.09. The summed E-state index contributed by atoms with van der Waals surface area (Å²) in [6.45, 7) is 0. The highest BCUT2D eigenvalue weighted by Crippen LogP contribution is 2.32. The van der Waals surface area contributed by atoms with Crippen LogP contribution in [0.25, 0.3) is 16.6 Å². The van der Waals surface area contributed by atoms with Gasteiger partial charge in [-0.2, -0.15) is 0 Å². The molecule has 0 radical (unpaired) electrons. The zero-order valence-electron chi connectivity index (χ0n) is 13.1. The van der Waals surface area contributed by atoms with Crippen molar-refractivity contribution < 1.29 is 19.1 Å². The van der Waals surface area contributed by atoms with Crippen molar-refractivity contribution in [1.29, 1.82) is 0 Å². The normalized spacial score (nSPS) is 10.6. The van der Waals surface area contributed by atoms with Gasteiger partial charge in [-0.05, 0) is 29.8 Å². The van der Waals surface area contributed by atoms with Crippen molar-refractivity contribution in [2.75, 3.05) is 14.2 Å². The zero-order chi connectivity index (χ0) is 17.3. The lowest BCUT2D eigenvalue weighted by Crippen LogP contribution is -2.03. The Bertz CT molecular complexity index is 945. The van der Waals surface area contributed by atoms with E-state index < -0.39 is 11.9 Å². The van der Waals surface area contributed by atoms with Crippen molar-refractivity contribution in [2.24, 2.45) is 0 Å². The maximum absolute atomic E-state index is 12.3. The Kier molecular flexibility index (Phi) is 4.27. The van der Waals surface area contributed by atoms with E-state index in [1.54, 1.807) is 47.0 Å². The van der Waals surface area contributed by atoms with Crippen LogP contribution in [0, 0.1) is 0 Å². The molecule has 0 bridgehead atoms. The van der Waals surface area contributed by atoms with Gasteiger partial charge < -0.3 is 13.9 Å². The van der Waals surface area contributed by atoms with Gasteiger partial charge in [-0.15, -0.1) is 0 Å². The molecule has 2 heterocycles. The summed E-state index contributed by atoms with van der Waals surface area (Å²) < 4.78 is 11.4. The Balaban J connectivity index is 2.28. The number of fused-ring (bicyclic) bond motifs is 1. The third-order valence-electron chi connectivity index (χ3n) is 3.75. The smallest absolute Gasteiger partial charge is 0.340 e. The minimum Gasteiger partial charge on any atom is -0.465 e. The molecule has 0 saturated carbocycles. The number of hydrogen-bond donors (Lipinski definition) is 0. The number of ether oxygens (including phenoxy) is 2. The molecule has 122 valence electrons. The molecule has 24 heavy (non-hydrogen) atoms. The fourth-order valence-electron chi connectivity index (χ4n) is 2.63. The molecule has 0 atom stereocenters. The summed E-state index contributed by atoms with van der Waals surface area (Å²) in [6.07, 6.45) is 1.75. The summed E-state index contributed by atoms with van der Waals surface area (Å²) in [6, 6.07) is 12.1. The summed E-state index contributed by atoms with van der Waals surface area (Å²) in [5.74, 6) is -0.920. The number of benzene rings is 1. The number of esters is 2. The largest absolute Gasteiger partial charge is 0.465 e. The predicted molar refractivity (Wildman–Crippen MR) is 90.5 cm³/mol. The van der Waals surface area contributed by atoms with E-state index in [1.165, 1.54) is 14.2 Å². The molecule has 3 aromatic rings. The fraction of sp³-hybridized carbons (Fsp3) is 0.111. The number of carbonyl (C=O) groups is 2. The van der Waals surface area contributed by atoms with Crippen LogP contribution >= 0.6 is 11.6 Å². The molecule has 5 nitrogen and oxygen atoms in total. The van der Waals surface area contributed by atoms with Crippen LogP contribution in [-0.4, -0.2) is 30.6 Å². The number of nitrogens with zero attached hydrogens (tertiary/aromatic N) is 1. The number of carbonyl (C=O) groups excluding carboxylic acids is 2. The quantitative estimate of drug-likeness (QED) is 0.535. The minimum absolute atomic E-state index is 0.391. The second kappa shape index (κ2) is 6.37. The Labute approximate surface area is 143 Å². The van der Waals surface area contributed by atoms with Crippen LogP contribution in [0.3, 0.4) is 0 Å². The molecule has 0 aliphatic heterocycles. The molecule has 0 spiro atoms. The molecule has 0 unspecified atom stereocenters. The SMILES string of the molecule is COC(=O)c1cccc(-c2cn3c(Cl)cccc3c2C(=O)OC)c1. The van der Waals surface area contributed by atoms with Crippen LogP contribution < -0.4 is 0 Å². The topological polar surface area (TPSA) is 57.0 Å². The summed E-state index contributed by atoms with van der Waals surface area (Å²) in [4.78, 5) is 24.1. The van der Waals surface area contributed by atoms with E-state index in [0.717, 1.165) is 0 Å². The summed E-state index contributed by atoms with van der Waals surface area (Å²) in [7, 11) is 2.65. The molecule has 0 N–H and O–H groups in total. The van der Waals surface area contributed by atoms with Gasteiger partial charge in [0.1, 0.15) is 5.15 Å². The Hall–Kier alpha value is -2.79. The van der Waals surface area contributed by atoms with Gasteiger partial charge in [-0.3, -0.25) is 0 Å². The molecule has 3 rings (SSSR count). The maximum atomic E-state index is 12.3. The van der Waals surface area contributed by atoms with Crippen LogP contribution in [0.1, 0.15) is 20.7 Å². The molecule has 2 aromatic heterocycles. The highest BCUT2D eigenvalue weighted by molar-refractivity contribution is 6.30. The van der Waals surface area contributed by atoms with Gasteiger partial charge >= 0.3 is 11.9 Å². The average molecular weight is 344 g/mol. The molecule has 1 aromatic carbocycles. The average Bonchev–Trinajstić information content (AvgIpc) is 3.01. The summed E-state index contributed by atoms with van der Waals surface area (Å²) >= 11 is 6.22. The highest BCUT2D eigenvalue weighted by atomic mass is 35.5. The van der Waals surface area contributed by atoms with E-state index in [0.29, 0.717) is 32.9 Å². The van der Waals surface area contributed by atoms with E-state index in [1.807, 2.05) is 6.07 Å². The van der Waals surface area contributed by atoms with Crippen molar-refractivity contribution >= 4 is 29.1 Å². The molecule has 0 saturated heterocycles. The van der Waals surface area contributed by atoms with Crippen LogP contribution in [0.4, 0.5) is 0 Å². The molecular weight excluding hydrogens is 330 g/mol. The van der Waals surface area contributed by atoms with Gasteiger partial charge in [0, 0.05) is 11.8 Å². The summed E-state index contributed by atoms with van der Waals surface area (Å²) in [5.41, 5.74) is 2.74. The molecule has 0 aliphatic rings. The minimum atomic E-state index is -0.474. The maximum Gasteiger partial charge on any atom is 0.340 e. The third-order valence-corrected chi connectivity index (χ3v) is 4.05. The second-order valence-corrected chi connectivity index (χ2v) is 5.47. The Morgan fingerprint density at radius 3 is 2.42 bits per heavy atom. The lowest BCUT2D eigenvalue weighted by molar-refractivity contribution is 0.0594. The molecule has 0 aliphatic carbocycles. The third kappa shape index (κ3) is 2.63. The Morgan fingerprint density at radius 2 is 1.71 bits per heavy atom. The number of rotatable bonds is 3. The molecular formula is C18H14ClNO4. The number of hydrogen-bond acceptors (Lipinski definition) is 4. The van der Waals surface area contributed by atoms with Crippen LogP contribution in [0.2, 0.25) is 5.15 Å². The van der Waals surface area contributed by atoms with Gasteiger partial charge in [0.15, 0.2) is 0 Å². The van der Waals surface area contributed by atoms with Gasteiger partial charge in [0.25, 0.3) is 0 Å². The van der Waals surface area contributed by atoms with E-state index in [9.17, 15) is 9.59 Å². The van der Waals surface area contributed by atoms with Gasteiger partial charge in [0.05, 0.1) is 30.9 Å². The molecule has 0 amide bonds. The van der Waals surface area contributed by atoms with E-state index in [2.05, 4.69) is 0 Å². The van der Waals surface area contributed by atoms with Gasteiger partial charge in [-0.1, -0.05) is 29.8 Å². The van der Waals surface area contributed by atoms with E-state index in [4.69, 9.17) is 21.1 Å². The highest BCUT2D eigenvalue weighted by Gasteiger charge is 2.21. The van der Waals surface area contributed by atoms with Crippen LogP contribution in [-0.2, 0) is 9.47 Å². The van der Waals surface area contributed by atoms with Crippen LogP contribution in [0.5, 0.6) is 0 Å².